The van der Waals surface area contributed by atoms with Crippen molar-refractivity contribution in [1.29, 1.82) is 0 Å². The predicted molar refractivity (Wildman–Crippen MR) is 107 cm³/mol. The third-order valence-electron chi connectivity index (χ3n) is 5.39. The fourth-order valence-electron chi connectivity index (χ4n) is 3.73. The van der Waals surface area contributed by atoms with Gasteiger partial charge in [-0.1, -0.05) is 0 Å². The molecule has 1 aliphatic carbocycles. The van der Waals surface area contributed by atoms with Gasteiger partial charge in [0, 0.05) is 50.1 Å². The minimum Gasteiger partial charge on any atom is -0.353 e. The molecule has 3 aromatic rings. The zero-order valence-electron chi connectivity index (χ0n) is 16.3. The van der Waals surface area contributed by atoms with Crippen LogP contribution >= 0.6 is 0 Å². The van der Waals surface area contributed by atoms with E-state index in [9.17, 15) is 0 Å². The standard InChI is InChI=1S/C20H24N8/c1-14-11-15(2)28(25-14)19-12-18(22-13-23-19)27-9-7-26(8-10-27)17-5-6-21-20(24-17)16-3-4-16/h5-6,11-13,16H,3-4,7-10H2,1-2H3. The van der Waals surface area contributed by atoms with Crippen LogP contribution in [0.4, 0.5) is 11.6 Å². The fraction of sp³-hybridized carbons (Fsp3) is 0.450. The Labute approximate surface area is 164 Å². The molecule has 8 heteroatoms. The predicted octanol–water partition coefficient (Wildman–Crippen LogP) is 2.27. The van der Waals surface area contributed by atoms with Crippen molar-refractivity contribution in [3.63, 3.8) is 0 Å². The maximum Gasteiger partial charge on any atom is 0.159 e. The maximum absolute atomic E-state index is 4.78. The molecule has 0 unspecified atom stereocenters. The lowest BCUT2D eigenvalue weighted by Crippen LogP contribution is -2.47. The summed E-state index contributed by atoms with van der Waals surface area (Å²) in [5.41, 5.74) is 2.06. The summed E-state index contributed by atoms with van der Waals surface area (Å²) in [5.74, 6) is 4.38. The van der Waals surface area contributed by atoms with Gasteiger partial charge < -0.3 is 9.80 Å². The molecule has 1 aliphatic heterocycles. The molecule has 0 aromatic carbocycles. The smallest absolute Gasteiger partial charge is 0.159 e. The molecule has 1 saturated heterocycles. The van der Waals surface area contributed by atoms with Crippen molar-refractivity contribution >= 4 is 11.6 Å². The van der Waals surface area contributed by atoms with Crippen LogP contribution in [0.15, 0.2) is 30.7 Å². The van der Waals surface area contributed by atoms with E-state index in [4.69, 9.17) is 4.98 Å². The number of aryl methyl sites for hydroxylation is 2. The summed E-state index contributed by atoms with van der Waals surface area (Å²) in [5, 5.41) is 4.53. The molecule has 0 amide bonds. The molecule has 1 saturated carbocycles. The molecule has 2 aliphatic rings. The van der Waals surface area contributed by atoms with Crippen molar-refractivity contribution in [1.82, 2.24) is 29.7 Å². The summed E-state index contributed by atoms with van der Waals surface area (Å²) < 4.78 is 1.87. The SMILES string of the molecule is Cc1cc(C)n(-c2cc(N3CCN(c4ccnc(C5CC5)n4)CC3)ncn2)n1. The van der Waals surface area contributed by atoms with Crippen LogP contribution in [0.2, 0.25) is 0 Å². The van der Waals surface area contributed by atoms with Crippen molar-refractivity contribution in [2.45, 2.75) is 32.6 Å². The second kappa shape index (κ2) is 6.85. The lowest BCUT2D eigenvalue weighted by Gasteiger charge is -2.36. The molecule has 144 valence electrons. The summed E-state index contributed by atoms with van der Waals surface area (Å²) in [6.07, 6.45) is 5.97. The van der Waals surface area contributed by atoms with Crippen LogP contribution in [0.1, 0.15) is 36.0 Å². The van der Waals surface area contributed by atoms with Gasteiger partial charge in [-0.3, -0.25) is 0 Å². The first-order chi connectivity index (χ1) is 13.7. The van der Waals surface area contributed by atoms with Crippen LogP contribution in [0, 0.1) is 13.8 Å². The van der Waals surface area contributed by atoms with Gasteiger partial charge >= 0.3 is 0 Å². The highest BCUT2D eigenvalue weighted by molar-refractivity contribution is 5.47. The molecule has 0 spiro atoms. The molecule has 28 heavy (non-hydrogen) atoms. The molecule has 0 radical (unpaired) electrons. The van der Waals surface area contributed by atoms with E-state index < -0.39 is 0 Å². The van der Waals surface area contributed by atoms with Gasteiger partial charge in [0.25, 0.3) is 0 Å². The van der Waals surface area contributed by atoms with Crippen molar-refractivity contribution in [2.75, 3.05) is 36.0 Å². The van der Waals surface area contributed by atoms with Crippen LogP contribution in [0.3, 0.4) is 0 Å². The molecular formula is C20H24N8. The van der Waals surface area contributed by atoms with Crippen LogP contribution in [-0.2, 0) is 0 Å². The van der Waals surface area contributed by atoms with E-state index in [2.05, 4.69) is 35.9 Å². The summed E-state index contributed by atoms with van der Waals surface area (Å²) in [7, 11) is 0. The molecule has 3 aromatic heterocycles. The lowest BCUT2D eigenvalue weighted by molar-refractivity contribution is 0.637. The van der Waals surface area contributed by atoms with E-state index in [0.29, 0.717) is 5.92 Å². The van der Waals surface area contributed by atoms with Crippen molar-refractivity contribution in [3.05, 3.63) is 47.9 Å². The van der Waals surface area contributed by atoms with Crippen molar-refractivity contribution < 1.29 is 0 Å². The Morgan fingerprint density at radius 3 is 2.25 bits per heavy atom. The van der Waals surface area contributed by atoms with E-state index in [1.165, 1.54) is 12.8 Å². The van der Waals surface area contributed by atoms with E-state index in [1.54, 1.807) is 6.33 Å². The Morgan fingerprint density at radius 1 is 0.857 bits per heavy atom. The highest BCUT2D eigenvalue weighted by Gasteiger charge is 2.27. The van der Waals surface area contributed by atoms with Crippen molar-refractivity contribution in [3.8, 4) is 5.82 Å². The molecule has 0 bridgehead atoms. The van der Waals surface area contributed by atoms with Gasteiger partial charge in [0.1, 0.15) is 23.8 Å². The highest BCUT2D eigenvalue weighted by Crippen LogP contribution is 2.38. The van der Waals surface area contributed by atoms with E-state index in [1.807, 2.05) is 36.9 Å². The Kier molecular flexibility index (Phi) is 4.18. The molecule has 0 N–H and O–H groups in total. The molecule has 4 heterocycles. The summed E-state index contributed by atoms with van der Waals surface area (Å²) >= 11 is 0. The third-order valence-corrected chi connectivity index (χ3v) is 5.39. The van der Waals surface area contributed by atoms with Crippen LogP contribution in [-0.4, -0.2) is 55.9 Å². The number of nitrogens with zero attached hydrogens (tertiary/aromatic N) is 8. The van der Waals surface area contributed by atoms with Gasteiger partial charge in [0.15, 0.2) is 5.82 Å². The summed E-state index contributed by atoms with van der Waals surface area (Å²) in [6.45, 7) is 7.66. The number of rotatable bonds is 4. The van der Waals surface area contributed by atoms with Crippen LogP contribution < -0.4 is 9.80 Å². The quantitative estimate of drug-likeness (QED) is 0.691. The number of hydrogen-bond donors (Lipinski definition) is 0. The normalized spacial score (nSPS) is 17.2. The van der Waals surface area contributed by atoms with Gasteiger partial charge in [-0.05, 0) is 38.8 Å². The Balaban J connectivity index is 1.30. The summed E-state index contributed by atoms with van der Waals surface area (Å²) in [4.78, 5) is 22.8. The molecular weight excluding hydrogens is 352 g/mol. The second-order valence-electron chi connectivity index (χ2n) is 7.59. The van der Waals surface area contributed by atoms with Crippen molar-refractivity contribution in [2.24, 2.45) is 0 Å². The van der Waals surface area contributed by atoms with Gasteiger partial charge in [0.2, 0.25) is 0 Å². The van der Waals surface area contributed by atoms with Crippen LogP contribution in [0.5, 0.6) is 0 Å². The first-order valence-electron chi connectivity index (χ1n) is 9.86. The Morgan fingerprint density at radius 2 is 1.57 bits per heavy atom. The van der Waals surface area contributed by atoms with Gasteiger partial charge in [-0.15, -0.1) is 0 Å². The second-order valence-corrected chi connectivity index (χ2v) is 7.59. The largest absolute Gasteiger partial charge is 0.353 e. The number of piperazine rings is 1. The molecule has 0 atom stereocenters. The first kappa shape index (κ1) is 17.1. The Hall–Kier alpha value is -3.03. The zero-order valence-corrected chi connectivity index (χ0v) is 16.3. The average Bonchev–Trinajstić information content (AvgIpc) is 3.52. The molecule has 8 nitrogen and oxygen atoms in total. The lowest BCUT2D eigenvalue weighted by atomic mass is 10.3. The number of anilines is 2. The number of aromatic nitrogens is 6. The molecule has 5 rings (SSSR count). The fourth-order valence-corrected chi connectivity index (χ4v) is 3.73. The average molecular weight is 376 g/mol. The minimum atomic E-state index is 0.579. The van der Waals surface area contributed by atoms with E-state index in [-0.39, 0.29) is 0 Å². The summed E-state index contributed by atoms with van der Waals surface area (Å²) in [6, 6.07) is 6.09. The monoisotopic (exact) mass is 376 g/mol. The number of hydrogen-bond acceptors (Lipinski definition) is 7. The van der Waals surface area contributed by atoms with Crippen LogP contribution in [0.25, 0.3) is 5.82 Å². The maximum atomic E-state index is 4.78. The van der Waals surface area contributed by atoms with Gasteiger partial charge in [-0.2, -0.15) is 5.10 Å². The zero-order chi connectivity index (χ0) is 19.1. The Bertz CT molecular complexity index is 985. The third kappa shape index (κ3) is 3.30. The van der Waals surface area contributed by atoms with Gasteiger partial charge in [0.05, 0.1) is 5.69 Å². The minimum absolute atomic E-state index is 0.579. The van der Waals surface area contributed by atoms with E-state index >= 15 is 0 Å². The first-order valence-corrected chi connectivity index (χ1v) is 9.86. The highest BCUT2D eigenvalue weighted by atomic mass is 15.3. The van der Waals surface area contributed by atoms with E-state index in [0.717, 1.165) is 60.8 Å². The molecule has 2 fully saturated rings. The van der Waals surface area contributed by atoms with Gasteiger partial charge in [-0.25, -0.2) is 24.6 Å². The topological polar surface area (TPSA) is 75.9 Å².